The zero-order chi connectivity index (χ0) is 16.9. The summed E-state index contributed by atoms with van der Waals surface area (Å²) in [4.78, 5) is 8.91. The highest BCUT2D eigenvalue weighted by atomic mass is 127. The van der Waals surface area contributed by atoms with E-state index < -0.39 is 0 Å². The monoisotopic (exact) mass is 428 g/mol. The average Bonchev–Trinajstić information content (AvgIpc) is 2.60. The van der Waals surface area contributed by atoms with E-state index in [1.165, 1.54) is 3.57 Å². The lowest BCUT2D eigenvalue weighted by Crippen LogP contribution is -2.02. The number of hydrogen-bond donors (Lipinski definition) is 1. The molecular formula is C19H17IN4. The first kappa shape index (κ1) is 16.6. The van der Waals surface area contributed by atoms with Crippen molar-refractivity contribution in [1.82, 2.24) is 9.97 Å². The first-order valence-corrected chi connectivity index (χ1v) is 8.67. The van der Waals surface area contributed by atoms with Crippen LogP contribution in [0.5, 0.6) is 0 Å². The third-order valence-electron chi connectivity index (χ3n) is 3.51. The van der Waals surface area contributed by atoms with Gasteiger partial charge in [0.05, 0.1) is 11.4 Å². The SMILES string of the molecule is C/C(=N\Nc1cc(-c2ccccc2)nc(C)n1)c1ccc(I)cc1. The van der Waals surface area contributed by atoms with Crippen LogP contribution in [0.15, 0.2) is 65.8 Å². The predicted molar refractivity (Wildman–Crippen MR) is 107 cm³/mol. The maximum absolute atomic E-state index is 4.50. The fourth-order valence-corrected chi connectivity index (χ4v) is 2.64. The van der Waals surface area contributed by atoms with Crippen LogP contribution in [0.2, 0.25) is 0 Å². The number of aromatic nitrogens is 2. The van der Waals surface area contributed by atoms with Gasteiger partial charge in [0, 0.05) is 15.2 Å². The van der Waals surface area contributed by atoms with E-state index in [2.05, 4.69) is 67.4 Å². The van der Waals surface area contributed by atoms with E-state index in [-0.39, 0.29) is 0 Å². The first-order chi connectivity index (χ1) is 11.6. The van der Waals surface area contributed by atoms with Gasteiger partial charge in [0.25, 0.3) is 0 Å². The van der Waals surface area contributed by atoms with Gasteiger partial charge in [0.2, 0.25) is 0 Å². The third kappa shape index (κ3) is 4.17. The van der Waals surface area contributed by atoms with Crippen LogP contribution in [-0.4, -0.2) is 15.7 Å². The second kappa shape index (κ2) is 7.53. The topological polar surface area (TPSA) is 50.2 Å². The Balaban J connectivity index is 1.84. The summed E-state index contributed by atoms with van der Waals surface area (Å²) in [6, 6.07) is 20.2. The molecule has 2 aromatic carbocycles. The minimum absolute atomic E-state index is 0.686. The zero-order valence-electron chi connectivity index (χ0n) is 13.5. The molecule has 0 spiro atoms. The van der Waals surface area contributed by atoms with Gasteiger partial charge in [-0.05, 0) is 54.1 Å². The van der Waals surface area contributed by atoms with Crippen LogP contribution in [0, 0.1) is 10.5 Å². The summed E-state index contributed by atoms with van der Waals surface area (Å²) in [5, 5.41) is 4.44. The summed E-state index contributed by atoms with van der Waals surface area (Å²) in [6.45, 7) is 3.86. The van der Waals surface area contributed by atoms with Crippen molar-refractivity contribution in [3.8, 4) is 11.3 Å². The highest BCUT2D eigenvalue weighted by Crippen LogP contribution is 2.19. The second-order valence-electron chi connectivity index (χ2n) is 5.37. The van der Waals surface area contributed by atoms with Gasteiger partial charge in [-0.3, -0.25) is 5.43 Å². The highest BCUT2D eigenvalue weighted by molar-refractivity contribution is 14.1. The minimum atomic E-state index is 0.686. The van der Waals surface area contributed by atoms with E-state index in [0.29, 0.717) is 11.6 Å². The van der Waals surface area contributed by atoms with Crippen LogP contribution >= 0.6 is 22.6 Å². The second-order valence-corrected chi connectivity index (χ2v) is 6.61. The Bertz CT molecular complexity index is 858. The van der Waals surface area contributed by atoms with Crippen LogP contribution in [0.4, 0.5) is 5.82 Å². The number of hydrogen-bond acceptors (Lipinski definition) is 4. The molecule has 0 atom stereocenters. The number of nitrogens with zero attached hydrogens (tertiary/aromatic N) is 3. The first-order valence-electron chi connectivity index (χ1n) is 7.59. The molecule has 24 heavy (non-hydrogen) atoms. The van der Waals surface area contributed by atoms with Crippen molar-refractivity contribution in [3.05, 3.63) is 75.6 Å². The van der Waals surface area contributed by atoms with Crippen molar-refractivity contribution < 1.29 is 0 Å². The standard InChI is InChI=1S/C19H17IN4/c1-13(15-8-10-17(20)11-9-15)23-24-19-12-18(21-14(2)22-19)16-6-4-3-5-7-16/h3-12H,1-2H3,(H,21,22,24)/b23-13+. The number of hydrazone groups is 1. The number of benzene rings is 2. The highest BCUT2D eigenvalue weighted by Gasteiger charge is 2.04. The molecule has 0 saturated heterocycles. The van der Waals surface area contributed by atoms with Crippen molar-refractivity contribution in [3.63, 3.8) is 0 Å². The van der Waals surface area contributed by atoms with E-state index in [1.54, 1.807) is 0 Å². The van der Waals surface area contributed by atoms with Gasteiger partial charge in [-0.15, -0.1) is 0 Å². The Hall–Kier alpha value is -2.28. The largest absolute Gasteiger partial charge is 0.261 e. The van der Waals surface area contributed by atoms with Crippen molar-refractivity contribution >= 4 is 34.1 Å². The molecule has 0 bridgehead atoms. The Morgan fingerprint density at radius 3 is 2.42 bits per heavy atom. The molecule has 1 N–H and O–H groups in total. The number of aryl methyl sites for hydroxylation is 1. The fourth-order valence-electron chi connectivity index (χ4n) is 2.28. The maximum atomic E-state index is 4.50. The lowest BCUT2D eigenvalue weighted by Gasteiger charge is -2.07. The fraction of sp³-hybridized carbons (Fsp3) is 0.105. The Kier molecular flexibility index (Phi) is 5.20. The van der Waals surface area contributed by atoms with Gasteiger partial charge in [0.1, 0.15) is 11.6 Å². The van der Waals surface area contributed by atoms with E-state index in [4.69, 9.17) is 0 Å². The predicted octanol–water partition coefficient (Wildman–Crippen LogP) is 4.89. The Morgan fingerprint density at radius 1 is 1.00 bits per heavy atom. The van der Waals surface area contributed by atoms with Crippen LogP contribution in [-0.2, 0) is 0 Å². The van der Waals surface area contributed by atoms with Crippen molar-refractivity contribution in [2.24, 2.45) is 5.10 Å². The number of anilines is 1. The Labute approximate surface area is 155 Å². The van der Waals surface area contributed by atoms with Gasteiger partial charge >= 0.3 is 0 Å². The molecule has 3 rings (SSSR count). The molecule has 0 saturated carbocycles. The van der Waals surface area contributed by atoms with Crippen LogP contribution in [0.1, 0.15) is 18.3 Å². The summed E-state index contributed by atoms with van der Waals surface area (Å²) < 4.78 is 1.20. The molecule has 3 aromatic rings. The van der Waals surface area contributed by atoms with Crippen molar-refractivity contribution in [1.29, 1.82) is 0 Å². The number of rotatable bonds is 4. The smallest absolute Gasteiger partial charge is 0.150 e. The minimum Gasteiger partial charge on any atom is -0.261 e. The van der Waals surface area contributed by atoms with Gasteiger partial charge < -0.3 is 0 Å². The van der Waals surface area contributed by atoms with Gasteiger partial charge in [-0.1, -0.05) is 42.5 Å². The number of halogens is 1. The lowest BCUT2D eigenvalue weighted by molar-refractivity contribution is 1.05. The molecule has 1 aromatic heterocycles. The molecule has 0 unspecified atom stereocenters. The molecule has 0 fully saturated rings. The summed E-state index contributed by atoms with van der Waals surface area (Å²) in [5.74, 6) is 1.40. The molecular weight excluding hydrogens is 411 g/mol. The van der Waals surface area contributed by atoms with Crippen molar-refractivity contribution in [2.75, 3.05) is 5.43 Å². The molecule has 1 heterocycles. The van der Waals surface area contributed by atoms with Gasteiger partial charge in [-0.25, -0.2) is 9.97 Å². The van der Waals surface area contributed by atoms with Gasteiger partial charge in [-0.2, -0.15) is 5.10 Å². The van der Waals surface area contributed by atoms with Crippen LogP contribution in [0.3, 0.4) is 0 Å². The molecule has 0 aliphatic heterocycles. The molecule has 5 heteroatoms. The molecule has 120 valence electrons. The Morgan fingerprint density at radius 2 is 1.71 bits per heavy atom. The molecule has 0 aliphatic carbocycles. The lowest BCUT2D eigenvalue weighted by atomic mass is 10.1. The summed E-state index contributed by atoms with van der Waals surface area (Å²) in [5.41, 5.74) is 6.97. The summed E-state index contributed by atoms with van der Waals surface area (Å²) >= 11 is 2.29. The van der Waals surface area contributed by atoms with E-state index in [0.717, 1.165) is 22.5 Å². The normalized spacial score (nSPS) is 11.4. The van der Waals surface area contributed by atoms with E-state index >= 15 is 0 Å². The zero-order valence-corrected chi connectivity index (χ0v) is 15.7. The van der Waals surface area contributed by atoms with Crippen LogP contribution in [0.25, 0.3) is 11.3 Å². The third-order valence-corrected chi connectivity index (χ3v) is 4.23. The quantitative estimate of drug-likeness (QED) is 0.366. The molecule has 0 amide bonds. The average molecular weight is 428 g/mol. The summed E-state index contributed by atoms with van der Waals surface area (Å²) in [6.07, 6.45) is 0. The maximum Gasteiger partial charge on any atom is 0.150 e. The van der Waals surface area contributed by atoms with Gasteiger partial charge in [0.15, 0.2) is 0 Å². The van der Waals surface area contributed by atoms with E-state index in [9.17, 15) is 0 Å². The number of nitrogens with one attached hydrogen (secondary N) is 1. The molecule has 4 nitrogen and oxygen atoms in total. The van der Waals surface area contributed by atoms with Crippen LogP contribution < -0.4 is 5.43 Å². The van der Waals surface area contributed by atoms with Crippen molar-refractivity contribution in [2.45, 2.75) is 13.8 Å². The molecule has 0 radical (unpaired) electrons. The van der Waals surface area contributed by atoms with E-state index in [1.807, 2.05) is 50.2 Å². The summed E-state index contributed by atoms with van der Waals surface area (Å²) in [7, 11) is 0. The molecule has 0 aliphatic rings.